The minimum atomic E-state index is -0.958. The topological polar surface area (TPSA) is 50.2 Å². The molecular weight excluding hydrogens is 222 g/mol. The Morgan fingerprint density at radius 3 is 2.57 bits per heavy atom. The van der Waals surface area contributed by atoms with Crippen LogP contribution in [0.3, 0.4) is 0 Å². The molecule has 0 atom stereocenters. The number of rotatable bonds is 4. The van der Waals surface area contributed by atoms with E-state index in [9.17, 15) is 4.79 Å². The summed E-state index contributed by atoms with van der Waals surface area (Å²) in [4.78, 5) is 13.5. The molecule has 3 nitrogen and oxygen atoms in total. The Kier molecular flexibility index (Phi) is 8.57. The molecule has 0 unspecified atom stereocenters. The second-order valence-corrected chi connectivity index (χ2v) is 3.81. The van der Waals surface area contributed by atoms with E-state index in [1.54, 1.807) is 5.38 Å². The van der Waals surface area contributed by atoms with E-state index in [1.165, 1.54) is 25.5 Å². The minimum Gasteiger partial charge on any atom is -0.476 e. The molecule has 0 spiro atoms. The quantitative estimate of drug-likeness (QED) is 0.644. The monoisotopic (exact) mass is 235 g/mol. The fraction of sp³-hybridized carbons (Fsp3) is 0.556. The summed E-state index contributed by atoms with van der Waals surface area (Å²) in [6, 6.07) is 0. The molecule has 0 bridgehead atoms. The van der Waals surface area contributed by atoms with Gasteiger partial charge in [-0.2, -0.15) is 0 Å². The lowest BCUT2D eigenvalue weighted by Crippen LogP contribution is -1.92. The van der Waals surface area contributed by atoms with Crippen LogP contribution in [0.5, 0.6) is 0 Å². The number of carboxylic acid groups (broad SMARTS) is 1. The largest absolute Gasteiger partial charge is 0.476 e. The number of aromatic nitrogens is 1. The van der Waals surface area contributed by atoms with Gasteiger partial charge in [0, 0.05) is 17.5 Å². The van der Waals surface area contributed by atoms with Gasteiger partial charge in [0.2, 0.25) is 5.01 Å². The van der Waals surface area contributed by atoms with Crippen LogP contribution in [0.2, 0.25) is 0 Å². The highest BCUT2D eigenvalue weighted by atomic mass is 35.5. The second kappa shape index (κ2) is 8.97. The Hall–Kier alpha value is -0.610. The number of hydrogen-bond donors (Lipinski definition) is 1. The highest BCUT2D eigenvalue weighted by Crippen LogP contribution is 2.01. The second-order valence-electron chi connectivity index (χ2n) is 2.54. The molecule has 0 radical (unpaired) electrons. The minimum absolute atomic E-state index is 0.144. The van der Waals surface area contributed by atoms with Gasteiger partial charge in [-0.25, -0.2) is 9.78 Å². The molecule has 14 heavy (non-hydrogen) atoms. The third-order valence-corrected chi connectivity index (χ3v) is 2.38. The molecule has 0 aromatic carbocycles. The Bertz CT molecular complexity index is 235. The van der Waals surface area contributed by atoms with Crippen LogP contribution in [0.1, 0.15) is 36.0 Å². The van der Waals surface area contributed by atoms with Crippen LogP contribution < -0.4 is 0 Å². The highest BCUT2D eigenvalue weighted by molar-refractivity contribution is 7.11. The summed E-state index contributed by atoms with van der Waals surface area (Å²) in [6.07, 6.45) is 5.20. The Morgan fingerprint density at radius 2 is 2.36 bits per heavy atom. The van der Waals surface area contributed by atoms with Crippen LogP contribution in [0, 0.1) is 0 Å². The summed E-state index contributed by atoms with van der Waals surface area (Å²) in [6.45, 7) is 2.17. The normalized spacial score (nSPS) is 9.00. The Morgan fingerprint density at radius 1 is 1.64 bits per heavy atom. The van der Waals surface area contributed by atoms with E-state index in [4.69, 9.17) is 16.7 Å². The Balaban J connectivity index is 0.000000255. The molecule has 0 fully saturated rings. The molecular formula is C9H14ClNO2S. The van der Waals surface area contributed by atoms with E-state index in [-0.39, 0.29) is 5.01 Å². The fourth-order valence-electron chi connectivity index (χ4n) is 0.674. The average molecular weight is 236 g/mol. The van der Waals surface area contributed by atoms with E-state index in [2.05, 4.69) is 11.9 Å². The maximum absolute atomic E-state index is 10.0. The zero-order valence-corrected chi connectivity index (χ0v) is 9.64. The summed E-state index contributed by atoms with van der Waals surface area (Å²) in [5.41, 5.74) is 0. The first kappa shape index (κ1) is 13.4. The number of halogens is 1. The molecule has 0 aliphatic carbocycles. The summed E-state index contributed by atoms with van der Waals surface area (Å²) >= 11 is 6.50. The average Bonchev–Trinajstić information content (AvgIpc) is 2.68. The summed E-state index contributed by atoms with van der Waals surface area (Å²) in [5, 5.41) is 9.99. The van der Waals surface area contributed by atoms with E-state index in [0.717, 1.165) is 17.2 Å². The van der Waals surface area contributed by atoms with Crippen molar-refractivity contribution in [1.82, 2.24) is 4.98 Å². The van der Waals surface area contributed by atoms with Crippen molar-refractivity contribution in [1.29, 1.82) is 0 Å². The third-order valence-electron chi connectivity index (χ3n) is 1.35. The lowest BCUT2D eigenvalue weighted by atomic mass is 10.3. The SMILES string of the molecule is CCCCCCl.O=C(O)c1nccs1. The molecule has 1 aromatic rings. The predicted molar refractivity (Wildman–Crippen MR) is 59.3 cm³/mol. The van der Waals surface area contributed by atoms with Crippen molar-refractivity contribution >= 4 is 28.9 Å². The molecule has 0 aliphatic rings. The van der Waals surface area contributed by atoms with Crippen LogP contribution in [0.4, 0.5) is 0 Å². The van der Waals surface area contributed by atoms with Gasteiger partial charge in [-0.05, 0) is 6.42 Å². The van der Waals surface area contributed by atoms with Crippen molar-refractivity contribution in [2.45, 2.75) is 26.2 Å². The zero-order valence-electron chi connectivity index (χ0n) is 8.07. The lowest BCUT2D eigenvalue weighted by Gasteiger charge is -1.84. The number of aromatic carboxylic acids is 1. The molecule has 1 N–H and O–H groups in total. The molecule has 5 heteroatoms. The molecule has 80 valence electrons. The van der Waals surface area contributed by atoms with Gasteiger partial charge in [0.05, 0.1) is 0 Å². The molecule has 0 amide bonds. The van der Waals surface area contributed by atoms with Gasteiger partial charge in [0.15, 0.2) is 0 Å². The van der Waals surface area contributed by atoms with Crippen LogP contribution >= 0.6 is 22.9 Å². The van der Waals surface area contributed by atoms with Crippen molar-refractivity contribution in [2.75, 3.05) is 5.88 Å². The van der Waals surface area contributed by atoms with Crippen molar-refractivity contribution in [3.8, 4) is 0 Å². The smallest absolute Gasteiger partial charge is 0.364 e. The third kappa shape index (κ3) is 6.86. The fourth-order valence-corrected chi connectivity index (χ4v) is 1.34. The van der Waals surface area contributed by atoms with E-state index in [1.807, 2.05) is 0 Å². The zero-order chi connectivity index (χ0) is 10.8. The van der Waals surface area contributed by atoms with Gasteiger partial charge >= 0.3 is 5.97 Å². The number of hydrogen-bond acceptors (Lipinski definition) is 3. The summed E-state index contributed by atoms with van der Waals surface area (Å²) in [7, 11) is 0. The molecule has 0 saturated heterocycles. The van der Waals surface area contributed by atoms with E-state index in [0.29, 0.717) is 0 Å². The number of alkyl halides is 1. The number of thiazole rings is 1. The van der Waals surface area contributed by atoms with Gasteiger partial charge in [-0.15, -0.1) is 22.9 Å². The molecule has 0 aliphatic heterocycles. The van der Waals surface area contributed by atoms with Crippen molar-refractivity contribution in [3.05, 3.63) is 16.6 Å². The number of nitrogens with zero attached hydrogens (tertiary/aromatic N) is 1. The van der Waals surface area contributed by atoms with Crippen molar-refractivity contribution in [2.24, 2.45) is 0 Å². The number of unbranched alkanes of at least 4 members (excludes halogenated alkanes) is 2. The van der Waals surface area contributed by atoms with Crippen molar-refractivity contribution in [3.63, 3.8) is 0 Å². The van der Waals surface area contributed by atoms with E-state index < -0.39 is 5.97 Å². The molecule has 1 aromatic heterocycles. The highest BCUT2D eigenvalue weighted by Gasteiger charge is 2.01. The maximum atomic E-state index is 10.0. The first-order valence-corrected chi connectivity index (χ1v) is 5.82. The van der Waals surface area contributed by atoms with E-state index >= 15 is 0 Å². The summed E-state index contributed by atoms with van der Waals surface area (Å²) in [5.74, 6) is -0.131. The molecule has 1 heterocycles. The van der Waals surface area contributed by atoms with Crippen LogP contribution in [0.25, 0.3) is 0 Å². The maximum Gasteiger partial charge on any atom is 0.364 e. The van der Waals surface area contributed by atoms with Gasteiger partial charge in [0.25, 0.3) is 0 Å². The molecule has 1 rings (SSSR count). The number of carboxylic acids is 1. The van der Waals surface area contributed by atoms with Gasteiger partial charge in [0.1, 0.15) is 0 Å². The first-order chi connectivity index (χ1) is 6.72. The predicted octanol–water partition coefficient (Wildman–Crippen LogP) is 3.26. The molecule has 0 saturated carbocycles. The standard InChI is InChI=1S/C5H11Cl.C4H3NO2S/c1-2-3-4-5-6;6-4(7)3-5-1-2-8-3/h2-5H2,1H3;1-2H,(H,6,7). The van der Waals surface area contributed by atoms with Gasteiger partial charge in [-0.1, -0.05) is 19.8 Å². The van der Waals surface area contributed by atoms with Gasteiger partial charge < -0.3 is 5.11 Å². The first-order valence-electron chi connectivity index (χ1n) is 4.41. The summed E-state index contributed by atoms with van der Waals surface area (Å²) < 4.78 is 0. The van der Waals surface area contributed by atoms with Gasteiger partial charge in [-0.3, -0.25) is 0 Å². The Labute approximate surface area is 92.7 Å². The lowest BCUT2D eigenvalue weighted by molar-refractivity contribution is 0.0696. The number of carbonyl (C=O) groups is 1. The van der Waals surface area contributed by atoms with Crippen LogP contribution in [0.15, 0.2) is 11.6 Å². The van der Waals surface area contributed by atoms with Crippen LogP contribution in [-0.4, -0.2) is 21.9 Å². The van der Waals surface area contributed by atoms with Crippen molar-refractivity contribution < 1.29 is 9.90 Å². The van der Waals surface area contributed by atoms with Crippen LogP contribution in [-0.2, 0) is 0 Å².